The van der Waals surface area contributed by atoms with Crippen LogP contribution in [0.5, 0.6) is 0 Å². The summed E-state index contributed by atoms with van der Waals surface area (Å²) in [5.74, 6) is 0.593. The van der Waals surface area contributed by atoms with Crippen LogP contribution in [0.4, 0.5) is 5.82 Å². The predicted molar refractivity (Wildman–Crippen MR) is 83.3 cm³/mol. The molecule has 1 aliphatic heterocycles. The SMILES string of the molecule is O=C(O)c1coc(-c2ccnc(NCCC3CCOCC3)c2)n1. The molecule has 3 heterocycles. The van der Waals surface area contributed by atoms with Crippen LogP contribution in [0.2, 0.25) is 0 Å². The molecule has 2 aromatic heterocycles. The minimum absolute atomic E-state index is 0.106. The summed E-state index contributed by atoms with van der Waals surface area (Å²) < 4.78 is 10.6. The van der Waals surface area contributed by atoms with Crippen molar-refractivity contribution in [2.75, 3.05) is 25.1 Å². The van der Waals surface area contributed by atoms with Crippen LogP contribution >= 0.6 is 0 Å². The molecule has 122 valence electrons. The highest BCUT2D eigenvalue weighted by molar-refractivity contribution is 5.85. The van der Waals surface area contributed by atoms with Crippen LogP contribution in [0.25, 0.3) is 11.5 Å². The highest BCUT2D eigenvalue weighted by atomic mass is 16.5. The molecule has 0 aromatic carbocycles. The van der Waals surface area contributed by atoms with Gasteiger partial charge in [0, 0.05) is 31.5 Å². The molecule has 7 nitrogen and oxygen atoms in total. The van der Waals surface area contributed by atoms with Gasteiger partial charge in [-0.05, 0) is 37.3 Å². The number of hydrogen-bond acceptors (Lipinski definition) is 6. The number of ether oxygens (including phenoxy) is 1. The van der Waals surface area contributed by atoms with Crippen molar-refractivity contribution in [1.29, 1.82) is 0 Å². The number of hydrogen-bond donors (Lipinski definition) is 2. The number of carboxylic acid groups (broad SMARTS) is 1. The van der Waals surface area contributed by atoms with Gasteiger partial charge in [-0.2, -0.15) is 0 Å². The van der Waals surface area contributed by atoms with Crippen LogP contribution in [-0.4, -0.2) is 40.8 Å². The summed E-state index contributed by atoms with van der Waals surface area (Å²) in [5.41, 5.74) is 0.590. The topological polar surface area (TPSA) is 97.5 Å². The number of oxazole rings is 1. The van der Waals surface area contributed by atoms with Gasteiger partial charge in [0.25, 0.3) is 0 Å². The molecule has 0 unspecified atom stereocenters. The van der Waals surface area contributed by atoms with Gasteiger partial charge in [-0.25, -0.2) is 14.8 Å². The first kappa shape index (κ1) is 15.5. The van der Waals surface area contributed by atoms with Crippen molar-refractivity contribution in [2.24, 2.45) is 5.92 Å². The maximum atomic E-state index is 10.8. The van der Waals surface area contributed by atoms with Gasteiger partial charge in [-0.1, -0.05) is 0 Å². The van der Waals surface area contributed by atoms with Gasteiger partial charge < -0.3 is 19.6 Å². The molecular formula is C16H19N3O4. The summed E-state index contributed by atoms with van der Waals surface area (Å²) in [7, 11) is 0. The number of pyridine rings is 1. The van der Waals surface area contributed by atoms with Crippen molar-refractivity contribution in [2.45, 2.75) is 19.3 Å². The third kappa shape index (κ3) is 4.07. The molecular weight excluding hydrogens is 298 g/mol. The number of nitrogens with zero attached hydrogens (tertiary/aromatic N) is 2. The van der Waals surface area contributed by atoms with Gasteiger partial charge in [0.15, 0.2) is 5.69 Å². The molecule has 7 heteroatoms. The van der Waals surface area contributed by atoms with Crippen molar-refractivity contribution in [3.63, 3.8) is 0 Å². The van der Waals surface area contributed by atoms with Crippen LogP contribution in [0.3, 0.4) is 0 Å². The first-order chi connectivity index (χ1) is 11.2. The molecule has 1 saturated heterocycles. The molecule has 0 saturated carbocycles. The standard InChI is InChI=1S/C16H19N3O4/c20-16(21)13-10-23-15(19-13)12-2-6-18-14(9-12)17-5-1-11-3-7-22-8-4-11/h2,6,9-11H,1,3-5,7-8H2,(H,17,18)(H,20,21). The summed E-state index contributed by atoms with van der Waals surface area (Å²) in [4.78, 5) is 19.1. The van der Waals surface area contributed by atoms with E-state index in [1.54, 1.807) is 18.3 Å². The van der Waals surface area contributed by atoms with E-state index in [-0.39, 0.29) is 11.6 Å². The zero-order valence-electron chi connectivity index (χ0n) is 12.7. The van der Waals surface area contributed by atoms with E-state index in [0.29, 0.717) is 11.5 Å². The van der Waals surface area contributed by atoms with Crippen molar-refractivity contribution < 1.29 is 19.1 Å². The Labute approximate surface area is 133 Å². The molecule has 0 amide bonds. The molecule has 0 spiro atoms. The number of anilines is 1. The number of aromatic carboxylic acids is 1. The lowest BCUT2D eigenvalue weighted by Crippen LogP contribution is -2.18. The third-order valence-corrected chi connectivity index (χ3v) is 3.93. The third-order valence-electron chi connectivity index (χ3n) is 3.93. The average molecular weight is 317 g/mol. The fourth-order valence-electron chi connectivity index (χ4n) is 2.60. The van der Waals surface area contributed by atoms with E-state index in [1.165, 1.54) is 0 Å². The summed E-state index contributed by atoms with van der Waals surface area (Å²) in [5, 5.41) is 12.2. The number of aromatic nitrogens is 2. The second-order valence-electron chi connectivity index (χ2n) is 5.54. The Hall–Kier alpha value is -2.41. The Balaban J connectivity index is 1.59. The van der Waals surface area contributed by atoms with Gasteiger partial charge in [-0.15, -0.1) is 0 Å². The fourth-order valence-corrected chi connectivity index (χ4v) is 2.60. The second kappa shape index (κ2) is 7.23. The smallest absolute Gasteiger partial charge is 0.357 e. The van der Waals surface area contributed by atoms with E-state index in [0.717, 1.165) is 51.1 Å². The van der Waals surface area contributed by atoms with Crippen molar-refractivity contribution in [3.8, 4) is 11.5 Å². The summed E-state index contributed by atoms with van der Waals surface area (Å²) in [6.45, 7) is 2.55. The van der Waals surface area contributed by atoms with Gasteiger partial charge in [0.2, 0.25) is 5.89 Å². The summed E-state index contributed by atoms with van der Waals surface area (Å²) in [6.07, 6.45) is 6.09. The quantitative estimate of drug-likeness (QED) is 0.845. The number of carbonyl (C=O) groups is 1. The molecule has 2 N–H and O–H groups in total. The van der Waals surface area contributed by atoms with Crippen LogP contribution in [0.15, 0.2) is 29.0 Å². The lowest BCUT2D eigenvalue weighted by atomic mass is 9.97. The van der Waals surface area contributed by atoms with Gasteiger partial charge >= 0.3 is 5.97 Å². The van der Waals surface area contributed by atoms with Crippen LogP contribution < -0.4 is 5.32 Å². The molecule has 1 aliphatic rings. The Morgan fingerprint density at radius 3 is 2.96 bits per heavy atom. The Morgan fingerprint density at radius 2 is 2.22 bits per heavy atom. The van der Waals surface area contributed by atoms with E-state index in [4.69, 9.17) is 14.3 Å². The number of nitrogens with one attached hydrogen (secondary N) is 1. The van der Waals surface area contributed by atoms with E-state index in [9.17, 15) is 4.79 Å². The monoisotopic (exact) mass is 317 g/mol. The minimum atomic E-state index is -1.11. The molecule has 0 atom stereocenters. The van der Waals surface area contributed by atoms with Gasteiger partial charge in [0.05, 0.1) is 0 Å². The zero-order valence-corrected chi connectivity index (χ0v) is 12.7. The van der Waals surface area contributed by atoms with Gasteiger partial charge in [0.1, 0.15) is 12.1 Å². The van der Waals surface area contributed by atoms with Crippen LogP contribution in [-0.2, 0) is 4.74 Å². The van der Waals surface area contributed by atoms with Crippen LogP contribution in [0.1, 0.15) is 29.8 Å². The van der Waals surface area contributed by atoms with Crippen LogP contribution in [0, 0.1) is 5.92 Å². The second-order valence-corrected chi connectivity index (χ2v) is 5.54. The lowest BCUT2D eigenvalue weighted by molar-refractivity contribution is 0.0649. The lowest BCUT2D eigenvalue weighted by Gasteiger charge is -2.21. The molecule has 1 fully saturated rings. The highest BCUT2D eigenvalue weighted by Crippen LogP contribution is 2.22. The zero-order chi connectivity index (χ0) is 16.1. The van der Waals surface area contributed by atoms with E-state index < -0.39 is 5.97 Å². The summed E-state index contributed by atoms with van der Waals surface area (Å²) in [6, 6.07) is 3.54. The Kier molecular flexibility index (Phi) is 4.87. The predicted octanol–water partition coefficient (Wildman–Crippen LogP) is 2.66. The Bertz CT molecular complexity index is 665. The first-order valence-corrected chi connectivity index (χ1v) is 7.69. The van der Waals surface area contributed by atoms with Crippen molar-refractivity contribution in [1.82, 2.24) is 9.97 Å². The van der Waals surface area contributed by atoms with E-state index in [2.05, 4.69) is 15.3 Å². The number of rotatable bonds is 6. The van der Waals surface area contributed by atoms with E-state index in [1.807, 2.05) is 0 Å². The maximum Gasteiger partial charge on any atom is 0.357 e. The van der Waals surface area contributed by atoms with Gasteiger partial charge in [-0.3, -0.25) is 0 Å². The molecule has 0 aliphatic carbocycles. The molecule has 3 rings (SSSR count). The Morgan fingerprint density at radius 1 is 1.39 bits per heavy atom. The fraction of sp³-hybridized carbons (Fsp3) is 0.438. The number of carboxylic acids is 1. The molecule has 0 bridgehead atoms. The van der Waals surface area contributed by atoms with Crippen molar-refractivity contribution >= 4 is 11.8 Å². The van der Waals surface area contributed by atoms with E-state index >= 15 is 0 Å². The molecule has 2 aromatic rings. The molecule has 0 radical (unpaired) electrons. The summed E-state index contributed by atoms with van der Waals surface area (Å²) >= 11 is 0. The minimum Gasteiger partial charge on any atom is -0.476 e. The first-order valence-electron chi connectivity index (χ1n) is 7.69. The average Bonchev–Trinajstić information content (AvgIpc) is 3.07. The normalized spacial score (nSPS) is 15.5. The van der Waals surface area contributed by atoms with Crippen molar-refractivity contribution in [3.05, 3.63) is 30.3 Å². The maximum absolute atomic E-state index is 10.8. The largest absolute Gasteiger partial charge is 0.476 e. The molecule has 23 heavy (non-hydrogen) atoms. The highest BCUT2D eigenvalue weighted by Gasteiger charge is 2.14.